The molecule has 0 radical (unpaired) electrons. The lowest BCUT2D eigenvalue weighted by atomic mass is 10.1. The molecule has 0 aliphatic rings. The Morgan fingerprint density at radius 1 is 1.41 bits per heavy atom. The number of rotatable bonds is 3. The van der Waals surface area contributed by atoms with E-state index in [0.29, 0.717) is 12.2 Å². The summed E-state index contributed by atoms with van der Waals surface area (Å²) in [6.07, 6.45) is -0.325. The summed E-state index contributed by atoms with van der Waals surface area (Å²) in [5.41, 5.74) is 0.798. The van der Waals surface area contributed by atoms with E-state index in [4.69, 9.17) is 0 Å². The van der Waals surface area contributed by atoms with Crippen molar-refractivity contribution in [1.82, 2.24) is 20.2 Å². The monoisotopic (exact) mass is 360 g/mol. The van der Waals surface area contributed by atoms with Crippen molar-refractivity contribution < 1.29 is 5.11 Å². The lowest BCUT2D eigenvalue weighted by Gasteiger charge is -2.11. The zero-order valence-electron chi connectivity index (χ0n) is 9.01. The number of tetrazole rings is 1. The average molecular weight is 362 g/mol. The highest BCUT2D eigenvalue weighted by Crippen LogP contribution is 2.28. The number of hydrogen-bond acceptors (Lipinski definition) is 4. The van der Waals surface area contributed by atoms with E-state index >= 15 is 0 Å². The summed E-state index contributed by atoms with van der Waals surface area (Å²) in [5, 5.41) is 21.7. The van der Waals surface area contributed by atoms with Crippen molar-refractivity contribution in [3.8, 4) is 0 Å². The number of aliphatic hydroxyl groups is 1. The molecule has 1 unspecified atom stereocenters. The predicted octanol–water partition coefficient (Wildman–Crippen LogP) is 2.01. The summed E-state index contributed by atoms with van der Waals surface area (Å²) in [6.45, 7) is 0. The van der Waals surface area contributed by atoms with Gasteiger partial charge in [0.2, 0.25) is 0 Å². The van der Waals surface area contributed by atoms with Crippen LogP contribution in [0, 0.1) is 0 Å². The van der Waals surface area contributed by atoms with Crippen LogP contribution in [0.1, 0.15) is 17.5 Å². The zero-order valence-corrected chi connectivity index (χ0v) is 12.2. The van der Waals surface area contributed by atoms with Gasteiger partial charge in [0.1, 0.15) is 0 Å². The summed E-state index contributed by atoms with van der Waals surface area (Å²) in [4.78, 5) is 1.37. The molecule has 1 atom stereocenters. The quantitative estimate of drug-likeness (QED) is 0.908. The van der Waals surface area contributed by atoms with E-state index in [1.165, 1.54) is 4.80 Å². The maximum absolute atomic E-state index is 10.1. The van der Waals surface area contributed by atoms with Gasteiger partial charge in [-0.3, -0.25) is 0 Å². The fraction of sp³-hybridized carbons (Fsp3) is 0.300. The Bertz CT molecular complexity index is 529. The molecule has 0 saturated heterocycles. The molecule has 2 aromatic rings. The smallest absolute Gasteiger partial charge is 0.177 e. The third kappa shape index (κ3) is 3.11. The van der Waals surface area contributed by atoms with Crippen molar-refractivity contribution in [3.63, 3.8) is 0 Å². The molecule has 0 fully saturated rings. The fourth-order valence-corrected chi connectivity index (χ4v) is 2.35. The first-order valence-electron chi connectivity index (χ1n) is 4.92. The number of halogens is 2. The molecule has 1 N–H and O–H groups in total. The molecule has 1 aromatic carbocycles. The van der Waals surface area contributed by atoms with Crippen molar-refractivity contribution in [2.45, 2.75) is 12.5 Å². The van der Waals surface area contributed by atoms with E-state index < -0.39 is 6.10 Å². The minimum atomic E-state index is -0.661. The summed E-state index contributed by atoms with van der Waals surface area (Å²) >= 11 is 6.78. The second kappa shape index (κ2) is 5.24. The van der Waals surface area contributed by atoms with Crippen LogP contribution in [-0.4, -0.2) is 25.3 Å². The van der Waals surface area contributed by atoms with E-state index in [-0.39, 0.29) is 0 Å². The second-order valence-corrected chi connectivity index (χ2v) is 5.35. The molecule has 0 spiro atoms. The van der Waals surface area contributed by atoms with Gasteiger partial charge in [-0.05, 0) is 29.0 Å². The first kappa shape index (κ1) is 12.7. The standard InChI is InChI=1S/C10H10Br2N4O/c1-16-14-10(13-15-16)5-9(17)7-4-6(11)2-3-8(7)12/h2-4,9,17H,5H2,1H3. The van der Waals surface area contributed by atoms with Crippen LogP contribution >= 0.6 is 31.9 Å². The van der Waals surface area contributed by atoms with Gasteiger partial charge in [-0.25, -0.2) is 0 Å². The van der Waals surface area contributed by atoms with Gasteiger partial charge in [0.05, 0.1) is 13.2 Å². The van der Waals surface area contributed by atoms with Gasteiger partial charge in [-0.15, -0.1) is 10.2 Å². The molecule has 90 valence electrons. The summed E-state index contributed by atoms with van der Waals surface area (Å²) in [7, 11) is 1.69. The molecule has 2 rings (SSSR count). The lowest BCUT2D eigenvalue weighted by molar-refractivity contribution is 0.175. The minimum absolute atomic E-state index is 0.336. The van der Waals surface area contributed by atoms with Crippen LogP contribution in [0.4, 0.5) is 0 Å². The lowest BCUT2D eigenvalue weighted by Crippen LogP contribution is -2.05. The molecular formula is C10H10Br2N4O. The second-order valence-electron chi connectivity index (χ2n) is 3.58. The van der Waals surface area contributed by atoms with Crippen LogP contribution in [0.3, 0.4) is 0 Å². The molecular weight excluding hydrogens is 352 g/mol. The molecule has 7 heteroatoms. The van der Waals surface area contributed by atoms with Crippen molar-refractivity contribution in [1.29, 1.82) is 0 Å². The van der Waals surface area contributed by atoms with Crippen molar-refractivity contribution in [3.05, 3.63) is 38.5 Å². The summed E-state index contributed by atoms with van der Waals surface area (Å²) in [6, 6.07) is 5.65. The van der Waals surface area contributed by atoms with Gasteiger partial charge >= 0.3 is 0 Å². The van der Waals surface area contributed by atoms with Crippen LogP contribution in [0.5, 0.6) is 0 Å². The van der Waals surface area contributed by atoms with Crippen molar-refractivity contribution >= 4 is 31.9 Å². The summed E-state index contributed by atoms with van der Waals surface area (Å²) < 4.78 is 1.78. The third-order valence-corrected chi connectivity index (χ3v) is 3.46. The normalized spacial score (nSPS) is 12.7. The zero-order chi connectivity index (χ0) is 12.4. The van der Waals surface area contributed by atoms with E-state index in [9.17, 15) is 5.11 Å². The highest BCUT2D eigenvalue weighted by atomic mass is 79.9. The van der Waals surface area contributed by atoms with Crippen LogP contribution in [0.15, 0.2) is 27.1 Å². The molecule has 0 amide bonds. The Morgan fingerprint density at radius 2 is 2.18 bits per heavy atom. The first-order chi connectivity index (χ1) is 8.06. The van der Waals surface area contributed by atoms with Crippen LogP contribution < -0.4 is 0 Å². The van der Waals surface area contributed by atoms with E-state index in [0.717, 1.165) is 14.5 Å². The molecule has 0 aliphatic heterocycles. The van der Waals surface area contributed by atoms with E-state index in [1.807, 2.05) is 18.2 Å². The predicted molar refractivity (Wildman–Crippen MR) is 69.3 cm³/mol. The maximum Gasteiger partial charge on any atom is 0.177 e. The molecule has 0 aliphatic carbocycles. The maximum atomic E-state index is 10.1. The van der Waals surface area contributed by atoms with Gasteiger partial charge in [-0.2, -0.15) is 4.80 Å². The van der Waals surface area contributed by atoms with Crippen molar-refractivity contribution in [2.75, 3.05) is 0 Å². The van der Waals surface area contributed by atoms with Gasteiger partial charge in [-0.1, -0.05) is 31.9 Å². The van der Waals surface area contributed by atoms with Crippen LogP contribution in [-0.2, 0) is 13.5 Å². The highest BCUT2D eigenvalue weighted by Gasteiger charge is 2.15. The highest BCUT2D eigenvalue weighted by molar-refractivity contribution is 9.11. The Morgan fingerprint density at radius 3 is 2.82 bits per heavy atom. The third-order valence-electron chi connectivity index (χ3n) is 2.24. The minimum Gasteiger partial charge on any atom is -0.388 e. The Labute approximate surface area is 115 Å². The number of nitrogens with zero attached hydrogens (tertiary/aromatic N) is 4. The number of aryl methyl sites for hydroxylation is 1. The molecule has 0 saturated carbocycles. The first-order valence-corrected chi connectivity index (χ1v) is 6.51. The van der Waals surface area contributed by atoms with Gasteiger partial charge in [0.25, 0.3) is 0 Å². The number of benzene rings is 1. The number of aliphatic hydroxyl groups excluding tert-OH is 1. The van der Waals surface area contributed by atoms with Gasteiger partial charge in [0, 0.05) is 15.4 Å². The van der Waals surface area contributed by atoms with E-state index in [2.05, 4.69) is 47.3 Å². The Hall–Kier alpha value is -0.790. The molecule has 17 heavy (non-hydrogen) atoms. The topological polar surface area (TPSA) is 63.8 Å². The molecule has 1 aromatic heterocycles. The average Bonchev–Trinajstić information content (AvgIpc) is 2.67. The molecule has 5 nitrogen and oxygen atoms in total. The molecule has 1 heterocycles. The number of aromatic nitrogens is 4. The van der Waals surface area contributed by atoms with Crippen LogP contribution in [0.25, 0.3) is 0 Å². The van der Waals surface area contributed by atoms with Crippen LogP contribution in [0.2, 0.25) is 0 Å². The Kier molecular flexibility index (Phi) is 3.90. The SMILES string of the molecule is Cn1nnc(CC(O)c2cc(Br)ccc2Br)n1. The largest absolute Gasteiger partial charge is 0.388 e. The summed E-state index contributed by atoms with van der Waals surface area (Å²) in [5.74, 6) is 0.520. The molecule has 0 bridgehead atoms. The van der Waals surface area contributed by atoms with Gasteiger partial charge < -0.3 is 5.11 Å². The van der Waals surface area contributed by atoms with Crippen molar-refractivity contribution in [2.24, 2.45) is 7.05 Å². The number of hydrogen-bond donors (Lipinski definition) is 1. The fourth-order valence-electron chi connectivity index (χ4n) is 1.46. The van der Waals surface area contributed by atoms with Gasteiger partial charge in [0.15, 0.2) is 5.82 Å². The Balaban J connectivity index is 2.19. The van der Waals surface area contributed by atoms with E-state index in [1.54, 1.807) is 7.05 Å².